The molecule has 0 saturated heterocycles. The van der Waals surface area contributed by atoms with Crippen LogP contribution in [0.15, 0.2) is 66.4 Å². The van der Waals surface area contributed by atoms with Gasteiger partial charge in [-0.2, -0.15) is 5.26 Å². The molecule has 0 bridgehead atoms. The number of hydrogen-bond donors (Lipinski definition) is 3. The second-order valence-electron chi connectivity index (χ2n) is 5.90. The Balaban J connectivity index is 1.76. The molecule has 2 aromatic rings. The summed E-state index contributed by atoms with van der Waals surface area (Å²) >= 11 is 0. The van der Waals surface area contributed by atoms with Gasteiger partial charge in [0.2, 0.25) is 0 Å². The third-order valence-corrected chi connectivity index (χ3v) is 3.88. The van der Waals surface area contributed by atoms with E-state index in [0.29, 0.717) is 12.2 Å². The van der Waals surface area contributed by atoms with E-state index in [1.54, 1.807) is 0 Å². The summed E-state index contributed by atoms with van der Waals surface area (Å²) < 4.78 is 0. The van der Waals surface area contributed by atoms with Crippen LogP contribution in [0.1, 0.15) is 28.8 Å². The molecule has 3 N–H and O–H groups in total. The average Bonchev–Trinajstić information content (AvgIpc) is 2.68. The van der Waals surface area contributed by atoms with Crippen molar-refractivity contribution in [3.63, 3.8) is 0 Å². The number of amides is 1. The Kier molecular flexibility index (Phi) is 7.61. The summed E-state index contributed by atoms with van der Waals surface area (Å²) in [7, 11) is 0. The highest BCUT2D eigenvalue weighted by molar-refractivity contribution is 6.06. The number of carbonyl (C=O) groups is 2. The fourth-order valence-corrected chi connectivity index (χ4v) is 2.42. The highest BCUT2D eigenvalue weighted by atomic mass is 16.4. The highest BCUT2D eigenvalue weighted by Crippen LogP contribution is 2.11. The van der Waals surface area contributed by atoms with Gasteiger partial charge in [-0.3, -0.25) is 4.79 Å². The molecule has 1 amide bonds. The molecule has 27 heavy (non-hydrogen) atoms. The lowest BCUT2D eigenvalue weighted by Gasteiger charge is -2.06. The summed E-state index contributed by atoms with van der Waals surface area (Å²) in [6, 6.07) is 17.8. The molecule has 0 aliphatic rings. The summed E-state index contributed by atoms with van der Waals surface area (Å²) in [4.78, 5) is 22.9. The van der Waals surface area contributed by atoms with Gasteiger partial charge in [-0.05, 0) is 49.1 Å². The highest BCUT2D eigenvalue weighted by Gasteiger charge is 2.09. The molecule has 0 fully saturated rings. The topological polar surface area (TPSA) is 102 Å². The monoisotopic (exact) mass is 363 g/mol. The molecule has 0 spiro atoms. The molecule has 0 aliphatic carbocycles. The molecule has 0 atom stereocenters. The van der Waals surface area contributed by atoms with E-state index in [1.165, 1.54) is 36.0 Å². The third-order valence-electron chi connectivity index (χ3n) is 3.88. The number of carbonyl (C=O) groups excluding carboxylic acids is 1. The molecule has 0 unspecified atom stereocenters. The predicted octanol–water partition coefficient (Wildman–Crippen LogP) is 3.34. The lowest BCUT2D eigenvalue weighted by Crippen LogP contribution is -2.17. The Morgan fingerprint density at radius 3 is 2.37 bits per heavy atom. The first kappa shape index (κ1) is 19.7. The van der Waals surface area contributed by atoms with E-state index in [1.807, 2.05) is 24.3 Å². The zero-order valence-corrected chi connectivity index (χ0v) is 14.8. The Hall–Kier alpha value is -3.59. The van der Waals surface area contributed by atoms with Crippen molar-refractivity contribution >= 4 is 17.6 Å². The molecule has 138 valence electrons. The molecular formula is C21H21N3O3. The maximum Gasteiger partial charge on any atom is 0.335 e. The molecule has 0 aliphatic heterocycles. The minimum Gasteiger partial charge on any atom is -0.478 e. The van der Waals surface area contributed by atoms with Crippen molar-refractivity contribution in [2.24, 2.45) is 0 Å². The first-order chi connectivity index (χ1) is 13.1. The zero-order valence-electron chi connectivity index (χ0n) is 14.8. The van der Waals surface area contributed by atoms with Gasteiger partial charge in [0.25, 0.3) is 5.91 Å². The number of rotatable bonds is 9. The van der Waals surface area contributed by atoms with Crippen molar-refractivity contribution in [2.45, 2.75) is 19.3 Å². The quantitative estimate of drug-likeness (QED) is 0.360. The van der Waals surface area contributed by atoms with Crippen molar-refractivity contribution < 1.29 is 14.7 Å². The van der Waals surface area contributed by atoms with Crippen LogP contribution >= 0.6 is 0 Å². The lowest BCUT2D eigenvalue weighted by molar-refractivity contribution is -0.112. The Bertz CT molecular complexity index is 837. The van der Waals surface area contributed by atoms with E-state index in [9.17, 15) is 9.59 Å². The number of nitrogens with one attached hydrogen (secondary N) is 2. The maximum atomic E-state index is 12.1. The van der Waals surface area contributed by atoms with Crippen LogP contribution in [-0.2, 0) is 11.2 Å². The smallest absolute Gasteiger partial charge is 0.335 e. The van der Waals surface area contributed by atoms with E-state index in [-0.39, 0.29) is 11.1 Å². The first-order valence-electron chi connectivity index (χ1n) is 8.62. The van der Waals surface area contributed by atoms with Crippen molar-refractivity contribution in [3.8, 4) is 6.07 Å². The number of carboxylic acids is 1. The summed E-state index contributed by atoms with van der Waals surface area (Å²) in [5.74, 6) is -1.58. The molecule has 0 saturated carbocycles. The molecule has 0 aromatic heterocycles. The van der Waals surface area contributed by atoms with Crippen molar-refractivity contribution in [2.75, 3.05) is 11.9 Å². The number of hydrogen-bond acceptors (Lipinski definition) is 4. The van der Waals surface area contributed by atoms with Gasteiger partial charge in [-0.1, -0.05) is 30.3 Å². The molecule has 2 rings (SSSR count). The number of anilines is 1. The van der Waals surface area contributed by atoms with Crippen LogP contribution in [-0.4, -0.2) is 23.5 Å². The molecule has 6 heteroatoms. The minimum atomic E-state index is -1.04. The molecular weight excluding hydrogens is 342 g/mol. The number of nitrogens with zero attached hydrogens (tertiary/aromatic N) is 1. The van der Waals surface area contributed by atoms with Gasteiger partial charge in [0.1, 0.15) is 11.6 Å². The molecule has 6 nitrogen and oxygen atoms in total. The Morgan fingerprint density at radius 2 is 1.74 bits per heavy atom. The third kappa shape index (κ3) is 6.67. The predicted molar refractivity (Wildman–Crippen MR) is 103 cm³/mol. The minimum absolute atomic E-state index is 0.0413. The van der Waals surface area contributed by atoms with E-state index in [4.69, 9.17) is 10.4 Å². The van der Waals surface area contributed by atoms with E-state index in [2.05, 4.69) is 22.8 Å². The molecule has 0 radical (unpaired) electrons. The normalized spacial score (nSPS) is 10.7. The van der Waals surface area contributed by atoms with E-state index < -0.39 is 11.9 Å². The summed E-state index contributed by atoms with van der Waals surface area (Å²) in [5, 5.41) is 23.6. The van der Waals surface area contributed by atoms with Crippen molar-refractivity contribution in [1.29, 1.82) is 5.26 Å². The van der Waals surface area contributed by atoms with Gasteiger partial charge in [0.15, 0.2) is 0 Å². The molecule has 0 heterocycles. The van der Waals surface area contributed by atoms with E-state index in [0.717, 1.165) is 19.3 Å². The number of carboxylic acid groups (broad SMARTS) is 1. The number of nitriles is 1. The second kappa shape index (κ2) is 10.4. The maximum absolute atomic E-state index is 12.1. The summed E-state index contributed by atoms with van der Waals surface area (Å²) in [5.41, 5.74) is 1.80. The van der Waals surface area contributed by atoms with Gasteiger partial charge in [-0.15, -0.1) is 0 Å². The summed E-state index contributed by atoms with van der Waals surface area (Å²) in [6.45, 7) is 0.665. The van der Waals surface area contributed by atoms with Gasteiger partial charge in [0.05, 0.1) is 5.56 Å². The van der Waals surface area contributed by atoms with Crippen LogP contribution < -0.4 is 10.6 Å². The fourth-order valence-electron chi connectivity index (χ4n) is 2.42. The number of aromatic carboxylic acids is 1. The number of unbranched alkanes of at least 4 members (excludes halogenated alkanes) is 1. The van der Waals surface area contributed by atoms with Crippen molar-refractivity contribution in [1.82, 2.24) is 5.32 Å². The average molecular weight is 363 g/mol. The lowest BCUT2D eigenvalue weighted by atomic mass is 10.1. The number of benzene rings is 2. The van der Waals surface area contributed by atoms with Crippen LogP contribution in [0.5, 0.6) is 0 Å². The molecule has 2 aromatic carbocycles. The van der Waals surface area contributed by atoms with Gasteiger partial charge in [-0.25, -0.2) is 4.79 Å². The second-order valence-corrected chi connectivity index (χ2v) is 5.90. The van der Waals surface area contributed by atoms with Crippen LogP contribution in [0.4, 0.5) is 5.69 Å². The van der Waals surface area contributed by atoms with Crippen LogP contribution in [0.2, 0.25) is 0 Å². The Morgan fingerprint density at radius 1 is 1.04 bits per heavy atom. The summed E-state index contributed by atoms with van der Waals surface area (Å²) in [6.07, 6.45) is 4.32. The van der Waals surface area contributed by atoms with Crippen LogP contribution in [0.3, 0.4) is 0 Å². The zero-order chi connectivity index (χ0) is 19.5. The van der Waals surface area contributed by atoms with Gasteiger partial charge >= 0.3 is 5.97 Å². The first-order valence-corrected chi connectivity index (χ1v) is 8.62. The van der Waals surface area contributed by atoms with Gasteiger partial charge < -0.3 is 15.7 Å². The largest absolute Gasteiger partial charge is 0.478 e. The number of aryl methyl sites for hydroxylation is 1. The van der Waals surface area contributed by atoms with Crippen molar-refractivity contribution in [3.05, 3.63) is 77.5 Å². The van der Waals surface area contributed by atoms with Crippen LogP contribution in [0.25, 0.3) is 0 Å². The standard InChI is InChI=1S/C21H21N3O3/c22-14-18(15-23-13-5-4-8-16-6-2-1-3-7-16)20(25)24-19-11-9-17(10-12-19)21(26)27/h1-3,6-7,9-12,15,23H,4-5,8,13H2,(H,24,25)(H,26,27)/b18-15-. The van der Waals surface area contributed by atoms with Gasteiger partial charge in [0, 0.05) is 18.4 Å². The fraction of sp³-hybridized carbons (Fsp3) is 0.190. The Labute approximate surface area is 158 Å². The van der Waals surface area contributed by atoms with E-state index >= 15 is 0 Å². The SMILES string of the molecule is N#C/C(=C/NCCCCc1ccccc1)C(=O)Nc1ccc(C(=O)O)cc1. The van der Waals surface area contributed by atoms with Crippen LogP contribution in [0, 0.1) is 11.3 Å².